The Bertz CT molecular complexity index is 197. The van der Waals surface area contributed by atoms with Crippen molar-refractivity contribution >= 4 is 0 Å². The lowest BCUT2D eigenvalue weighted by Crippen LogP contribution is -2.47. The summed E-state index contributed by atoms with van der Waals surface area (Å²) in [6.07, 6.45) is 12.1. The maximum Gasteiger partial charge on any atom is 0.0266 e. The highest BCUT2D eigenvalue weighted by Gasteiger charge is 2.37. The van der Waals surface area contributed by atoms with E-state index in [1.54, 1.807) is 0 Å². The van der Waals surface area contributed by atoms with Crippen LogP contribution in [0.4, 0.5) is 0 Å². The van der Waals surface area contributed by atoms with Crippen molar-refractivity contribution in [2.45, 2.75) is 84.6 Å². The summed E-state index contributed by atoms with van der Waals surface area (Å²) >= 11 is 0. The summed E-state index contributed by atoms with van der Waals surface area (Å²) in [5.41, 5.74) is 3.58. The van der Waals surface area contributed by atoms with Crippen molar-refractivity contribution in [2.24, 2.45) is 17.2 Å². The van der Waals surface area contributed by atoms with Gasteiger partial charge in [0, 0.05) is 6.04 Å². The molecule has 1 fully saturated rings. The fourth-order valence-corrected chi connectivity index (χ4v) is 3.40. The zero-order valence-electron chi connectivity index (χ0n) is 12.1. The Kier molecular flexibility index (Phi) is 6.50. The number of nitrogens with one attached hydrogen (secondary N) is 1. The zero-order valence-corrected chi connectivity index (χ0v) is 12.1. The van der Waals surface area contributed by atoms with E-state index >= 15 is 0 Å². The van der Waals surface area contributed by atoms with Gasteiger partial charge in [0.25, 0.3) is 0 Å². The molecule has 0 bridgehead atoms. The molecule has 1 aliphatic carbocycles. The van der Waals surface area contributed by atoms with Gasteiger partial charge in [-0.3, -0.25) is 11.3 Å². The molecule has 102 valence electrons. The fraction of sp³-hybridized carbons (Fsp3) is 1.00. The number of hydrazine groups is 1. The van der Waals surface area contributed by atoms with Crippen molar-refractivity contribution in [2.75, 3.05) is 0 Å². The second-order valence-electron chi connectivity index (χ2n) is 6.23. The van der Waals surface area contributed by atoms with Gasteiger partial charge in [-0.2, -0.15) is 0 Å². The van der Waals surface area contributed by atoms with Crippen LogP contribution in [0.1, 0.15) is 78.6 Å². The summed E-state index contributed by atoms with van der Waals surface area (Å²) in [6.45, 7) is 7.03. The molecule has 2 atom stereocenters. The Labute approximate surface area is 108 Å². The van der Waals surface area contributed by atoms with E-state index in [4.69, 9.17) is 5.84 Å². The van der Waals surface area contributed by atoms with Crippen LogP contribution < -0.4 is 11.3 Å². The molecular weight excluding hydrogens is 208 g/mol. The van der Waals surface area contributed by atoms with Crippen molar-refractivity contribution in [1.29, 1.82) is 0 Å². The summed E-state index contributed by atoms with van der Waals surface area (Å²) in [5.74, 6) is 6.67. The monoisotopic (exact) mass is 240 g/mol. The lowest BCUT2D eigenvalue weighted by atomic mass is 9.76. The standard InChI is InChI=1S/C15H32N2/c1-4-6-9-13(5-2)12-14(17-16)15(3)10-7-8-11-15/h13-14,17H,4-12,16H2,1-3H3. The third-order valence-corrected chi connectivity index (χ3v) is 4.90. The van der Waals surface area contributed by atoms with E-state index in [2.05, 4.69) is 26.2 Å². The quantitative estimate of drug-likeness (QED) is 0.497. The van der Waals surface area contributed by atoms with Gasteiger partial charge in [0.2, 0.25) is 0 Å². The second kappa shape index (κ2) is 7.38. The largest absolute Gasteiger partial charge is 0.271 e. The molecule has 17 heavy (non-hydrogen) atoms. The van der Waals surface area contributed by atoms with Crippen molar-refractivity contribution in [3.8, 4) is 0 Å². The topological polar surface area (TPSA) is 38.0 Å². The summed E-state index contributed by atoms with van der Waals surface area (Å²) in [6, 6.07) is 0.520. The van der Waals surface area contributed by atoms with E-state index in [1.165, 1.54) is 57.8 Å². The van der Waals surface area contributed by atoms with E-state index < -0.39 is 0 Å². The van der Waals surface area contributed by atoms with Crippen LogP contribution >= 0.6 is 0 Å². The van der Waals surface area contributed by atoms with E-state index in [-0.39, 0.29) is 0 Å². The lowest BCUT2D eigenvalue weighted by molar-refractivity contribution is 0.182. The molecule has 2 heteroatoms. The predicted octanol–water partition coefficient (Wildman–Crippen LogP) is 4.01. The highest BCUT2D eigenvalue weighted by atomic mass is 15.2. The minimum absolute atomic E-state index is 0.453. The Morgan fingerprint density at radius 3 is 2.35 bits per heavy atom. The minimum Gasteiger partial charge on any atom is -0.271 e. The van der Waals surface area contributed by atoms with Gasteiger partial charge in [-0.05, 0) is 30.6 Å². The van der Waals surface area contributed by atoms with Gasteiger partial charge in [0.1, 0.15) is 0 Å². The molecule has 3 N–H and O–H groups in total. The molecule has 0 saturated heterocycles. The summed E-state index contributed by atoms with van der Waals surface area (Å²) < 4.78 is 0. The van der Waals surface area contributed by atoms with Crippen LogP contribution in [0.5, 0.6) is 0 Å². The van der Waals surface area contributed by atoms with Crippen LogP contribution in [0.25, 0.3) is 0 Å². The minimum atomic E-state index is 0.453. The van der Waals surface area contributed by atoms with Crippen LogP contribution in [-0.4, -0.2) is 6.04 Å². The van der Waals surface area contributed by atoms with Crippen molar-refractivity contribution in [3.63, 3.8) is 0 Å². The number of hydrogen-bond acceptors (Lipinski definition) is 2. The molecule has 0 aliphatic heterocycles. The van der Waals surface area contributed by atoms with Gasteiger partial charge in [-0.15, -0.1) is 0 Å². The molecule has 0 aromatic heterocycles. The van der Waals surface area contributed by atoms with Crippen molar-refractivity contribution in [3.05, 3.63) is 0 Å². The number of hydrogen-bond donors (Lipinski definition) is 2. The third-order valence-electron chi connectivity index (χ3n) is 4.90. The van der Waals surface area contributed by atoms with Crippen LogP contribution in [0, 0.1) is 11.3 Å². The van der Waals surface area contributed by atoms with Gasteiger partial charge < -0.3 is 0 Å². The molecule has 0 aromatic carbocycles. The van der Waals surface area contributed by atoms with E-state index in [0.29, 0.717) is 11.5 Å². The molecular formula is C15H32N2. The van der Waals surface area contributed by atoms with Crippen LogP contribution in [0.3, 0.4) is 0 Å². The van der Waals surface area contributed by atoms with E-state index in [1.807, 2.05) is 0 Å². The first kappa shape index (κ1) is 15.0. The highest BCUT2D eigenvalue weighted by Crippen LogP contribution is 2.42. The zero-order chi connectivity index (χ0) is 12.7. The van der Waals surface area contributed by atoms with E-state index in [0.717, 1.165) is 5.92 Å². The molecule has 1 rings (SSSR count). The van der Waals surface area contributed by atoms with Crippen molar-refractivity contribution < 1.29 is 0 Å². The maximum absolute atomic E-state index is 5.82. The van der Waals surface area contributed by atoms with Crippen molar-refractivity contribution in [1.82, 2.24) is 5.43 Å². The fourth-order valence-electron chi connectivity index (χ4n) is 3.40. The summed E-state index contributed by atoms with van der Waals surface area (Å²) in [5, 5.41) is 0. The molecule has 0 amide bonds. The van der Waals surface area contributed by atoms with Crippen LogP contribution in [-0.2, 0) is 0 Å². The average molecular weight is 240 g/mol. The van der Waals surface area contributed by atoms with Crippen LogP contribution in [0.2, 0.25) is 0 Å². The highest BCUT2D eigenvalue weighted by molar-refractivity contribution is 4.91. The number of nitrogens with two attached hydrogens (primary N) is 1. The Morgan fingerprint density at radius 1 is 1.24 bits per heavy atom. The molecule has 0 heterocycles. The maximum atomic E-state index is 5.82. The Hall–Kier alpha value is -0.0800. The van der Waals surface area contributed by atoms with Gasteiger partial charge in [0.05, 0.1) is 0 Å². The molecule has 1 aliphatic rings. The molecule has 2 unspecified atom stereocenters. The Balaban J connectivity index is 2.49. The normalized spacial score (nSPS) is 22.6. The van der Waals surface area contributed by atoms with Gasteiger partial charge in [0.15, 0.2) is 0 Å². The number of unbranched alkanes of at least 4 members (excludes halogenated alkanes) is 1. The molecule has 0 spiro atoms. The SMILES string of the molecule is CCCCC(CC)CC(NN)C1(C)CCCC1. The first-order valence-electron chi connectivity index (χ1n) is 7.62. The molecule has 0 radical (unpaired) electrons. The molecule has 1 saturated carbocycles. The lowest BCUT2D eigenvalue weighted by Gasteiger charge is -2.36. The molecule has 0 aromatic rings. The van der Waals surface area contributed by atoms with Gasteiger partial charge >= 0.3 is 0 Å². The Morgan fingerprint density at radius 2 is 1.88 bits per heavy atom. The third kappa shape index (κ3) is 4.26. The smallest absolute Gasteiger partial charge is 0.0266 e. The summed E-state index contributed by atoms with van der Waals surface area (Å²) in [7, 11) is 0. The molecule has 2 nitrogen and oxygen atoms in total. The van der Waals surface area contributed by atoms with E-state index in [9.17, 15) is 0 Å². The first-order chi connectivity index (χ1) is 8.16. The summed E-state index contributed by atoms with van der Waals surface area (Å²) in [4.78, 5) is 0. The average Bonchev–Trinajstić information content (AvgIpc) is 2.77. The first-order valence-corrected chi connectivity index (χ1v) is 7.62. The second-order valence-corrected chi connectivity index (χ2v) is 6.23. The van der Waals surface area contributed by atoms with Gasteiger partial charge in [-0.1, -0.05) is 59.3 Å². The number of rotatable bonds is 8. The van der Waals surface area contributed by atoms with Crippen LogP contribution in [0.15, 0.2) is 0 Å². The predicted molar refractivity (Wildman–Crippen MR) is 75.6 cm³/mol. The van der Waals surface area contributed by atoms with Gasteiger partial charge in [-0.25, -0.2) is 0 Å².